The van der Waals surface area contributed by atoms with Gasteiger partial charge in [0.25, 0.3) is 0 Å². The quantitative estimate of drug-likeness (QED) is 0.779. The minimum absolute atomic E-state index is 0.0449. The maximum atomic E-state index is 11.8. The monoisotopic (exact) mass is 235 g/mol. The zero-order chi connectivity index (χ0) is 11.6. The molecule has 0 aromatic rings. The largest absolute Gasteiger partial charge is 0.396 e. The van der Waals surface area contributed by atoms with Gasteiger partial charge in [0.1, 0.15) is 0 Å². The Morgan fingerprint density at radius 3 is 2.40 bits per heavy atom. The van der Waals surface area contributed by atoms with Crippen molar-refractivity contribution in [3.63, 3.8) is 0 Å². The molecule has 0 amide bonds. The third-order valence-corrected chi connectivity index (χ3v) is 5.03. The number of nitrogens with zero attached hydrogens (tertiary/aromatic N) is 1. The van der Waals surface area contributed by atoms with Crippen molar-refractivity contribution in [2.24, 2.45) is 11.8 Å². The van der Waals surface area contributed by atoms with E-state index in [1.807, 2.05) is 20.8 Å². The van der Waals surface area contributed by atoms with Gasteiger partial charge in [-0.05, 0) is 18.3 Å². The molecule has 0 saturated carbocycles. The standard InChI is InChI=1S/C10H21NO3S/c1-8(2)10(4-5-12)11-6-9(3)7-15(11,13)14/h8-10,12H,4-7H2,1-3H3. The van der Waals surface area contributed by atoms with Crippen LogP contribution >= 0.6 is 0 Å². The maximum Gasteiger partial charge on any atom is 0.214 e. The molecule has 15 heavy (non-hydrogen) atoms. The zero-order valence-corrected chi connectivity index (χ0v) is 10.5. The lowest BCUT2D eigenvalue weighted by atomic mass is 10.0. The van der Waals surface area contributed by atoms with Gasteiger partial charge in [-0.15, -0.1) is 0 Å². The van der Waals surface area contributed by atoms with E-state index in [0.29, 0.717) is 13.0 Å². The first-order valence-electron chi connectivity index (χ1n) is 5.49. The van der Waals surface area contributed by atoms with Crippen molar-refractivity contribution in [1.82, 2.24) is 4.31 Å². The Kier molecular flexibility index (Phi) is 4.14. The summed E-state index contributed by atoms with van der Waals surface area (Å²) in [7, 11) is -3.08. The van der Waals surface area contributed by atoms with E-state index in [0.717, 1.165) is 0 Å². The molecule has 1 N–H and O–H groups in total. The lowest BCUT2D eigenvalue weighted by molar-refractivity contribution is 0.192. The molecular formula is C10H21NO3S. The van der Waals surface area contributed by atoms with Crippen molar-refractivity contribution in [2.45, 2.75) is 33.2 Å². The zero-order valence-electron chi connectivity index (χ0n) is 9.68. The Labute approximate surface area is 92.3 Å². The van der Waals surface area contributed by atoms with Crippen LogP contribution in [0.2, 0.25) is 0 Å². The Hall–Kier alpha value is -0.130. The van der Waals surface area contributed by atoms with Crippen molar-refractivity contribution in [3.05, 3.63) is 0 Å². The van der Waals surface area contributed by atoms with Crippen LogP contribution in [0.1, 0.15) is 27.2 Å². The summed E-state index contributed by atoms with van der Waals surface area (Å²) in [6.45, 7) is 6.60. The summed E-state index contributed by atoms with van der Waals surface area (Å²) < 4.78 is 25.3. The number of rotatable bonds is 4. The molecule has 0 spiro atoms. The number of aliphatic hydroxyl groups is 1. The van der Waals surface area contributed by atoms with Crippen LogP contribution in [0, 0.1) is 11.8 Å². The van der Waals surface area contributed by atoms with Crippen LogP contribution in [-0.4, -0.2) is 42.8 Å². The van der Waals surface area contributed by atoms with Gasteiger partial charge in [-0.1, -0.05) is 20.8 Å². The fourth-order valence-electron chi connectivity index (χ4n) is 2.21. The molecule has 1 rings (SSSR count). The van der Waals surface area contributed by atoms with Gasteiger partial charge in [-0.25, -0.2) is 8.42 Å². The lowest BCUT2D eigenvalue weighted by Crippen LogP contribution is -2.40. The van der Waals surface area contributed by atoms with Crippen molar-refractivity contribution >= 4 is 10.0 Å². The van der Waals surface area contributed by atoms with E-state index < -0.39 is 10.0 Å². The van der Waals surface area contributed by atoms with Crippen LogP contribution < -0.4 is 0 Å². The van der Waals surface area contributed by atoms with Crippen molar-refractivity contribution in [3.8, 4) is 0 Å². The van der Waals surface area contributed by atoms with Gasteiger partial charge in [-0.3, -0.25) is 0 Å². The Morgan fingerprint density at radius 1 is 1.47 bits per heavy atom. The molecule has 1 heterocycles. The van der Waals surface area contributed by atoms with Gasteiger partial charge < -0.3 is 5.11 Å². The summed E-state index contributed by atoms with van der Waals surface area (Å²) in [5, 5.41) is 8.96. The third kappa shape index (κ3) is 2.92. The van der Waals surface area contributed by atoms with E-state index in [1.54, 1.807) is 4.31 Å². The Balaban J connectivity index is 2.84. The fourth-order valence-corrected chi connectivity index (χ4v) is 4.47. The normalized spacial score (nSPS) is 28.5. The average molecular weight is 235 g/mol. The lowest BCUT2D eigenvalue weighted by Gasteiger charge is -2.29. The third-order valence-electron chi connectivity index (χ3n) is 2.91. The summed E-state index contributed by atoms with van der Waals surface area (Å²) in [4.78, 5) is 0. The Bertz CT molecular complexity index is 300. The molecule has 1 fully saturated rings. The van der Waals surface area contributed by atoms with Crippen molar-refractivity contribution < 1.29 is 13.5 Å². The smallest absolute Gasteiger partial charge is 0.214 e. The average Bonchev–Trinajstić information content (AvgIpc) is 2.34. The molecule has 1 aliphatic heterocycles. The first kappa shape index (κ1) is 12.9. The highest BCUT2D eigenvalue weighted by Gasteiger charge is 2.38. The van der Waals surface area contributed by atoms with Crippen LogP contribution in [0.25, 0.3) is 0 Å². The van der Waals surface area contributed by atoms with Crippen molar-refractivity contribution in [1.29, 1.82) is 0 Å². The molecule has 4 nitrogen and oxygen atoms in total. The molecule has 0 bridgehead atoms. The van der Waals surface area contributed by atoms with E-state index >= 15 is 0 Å². The predicted octanol–water partition coefficient (Wildman–Crippen LogP) is 0.675. The topological polar surface area (TPSA) is 57.6 Å². The molecular weight excluding hydrogens is 214 g/mol. The summed E-state index contributed by atoms with van der Waals surface area (Å²) in [6, 6.07) is -0.0510. The minimum atomic E-state index is -3.08. The highest BCUT2D eigenvalue weighted by molar-refractivity contribution is 7.89. The van der Waals surface area contributed by atoms with E-state index in [9.17, 15) is 8.42 Å². The van der Waals surface area contributed by atoms with E-state index in [2.05, 4.69) is 0 Å². The molecule has 5 heteroatoms. The molecule has 1 aliphatic rings. The molecule has 0 aromatic heterocycles. The van der Waals surface area contributed by atoms with Crippen LogP contribution in [0.4, 0.5) is 0 Å². The molecule has 0 aromatic carbocycles. The van der Waals surface area contributed by atoms with Crippen LogP contribution in [0.3, 0.4) is 0 Å². The maximum absolute atomic E-state index is 11.8. The molecule has 0 radical (unpaired) electrons. The van der Waals surface area contributed by atoms with Gasteiger partial charge in [0.2, 0.25) is 10.0 Å². The van der Waals surface area contributed by atoms with Crippen molar-refractivity contribution in [2.75, 3.05) is 18.9 Å². The molecule has 2 atom stereocenters. The van der Waals surface area contributed by atoms with Gasteiger partial charge in [0.15, 0.2) is 0 Å². The summed E-state index contributed by atoms with van der Waals surface area (Å²) >= 11 is 0. The second kappa shape index (κ2) is 4.80. The molecule has 1 saturated heterocycles. The first-order chi connectivity index (χ1) is 6.88. The van der Waals surface area contributed by atoms with Gasteiger partial charge in [-0.2, -0.15) is 4.31 Å². The molecule has 90 valence electrons. The second-order valence-corrected chi connectivity index (χ2v) is 6.74. The Morgan fingerprint density at radius 2 is 2.07 bits per heavy atom. The van der Waals surface area contributed by atoms with Gasteiger partial charge in [0, 0.05) is 19.2 Å². The molecule has 2 unspecified atom stereocenters. The number of aliphatic hydroxyl groups excluding tert-OH is 1. The van der Waals surface area contributed by atoms with Gasteiger partial charge in [0.05, 0.1) is 5.75 Å². The first-order valence-corrected chi connectivity index (χ1v) is 7.09. The fraction of sp³-hybridized carbons (Fsp3) is 1.00. The minimum Gasteiger partial charge on any atom is -0.396 e. The summed E-state index contributed by atoms with van der Waals surface area (Å²) in [5.41, 5.74) is 0. The highest BCUT2D eigenvalue weighted by atomic mass is 32.2. The van der Waals surface area contributed by atoms with E-state index in [4.69, 9.17) is 5.11 Å². The number of hydrogen-bond donors (Lipinski definition) is 1. The van der Waals surface area contributed by atoms with Crippen LogP contribution in [0.5, 0.6) is 0 Å². The van der Waals surface area contributed by atoms with E-state index in [-0.39, 0.29) is 30.2 Å². The number of sulfonamides is 1. The van der Waals surface area contributed by atoms with Gasteiger partial charge >= 0.3 is 0 Å². The SMILES string of the molecule is CC1CN(C(CCO)C(C)C)S(=O)(=O)C1. The van der Waals surface area contributed by atoms with Crippen LogP contribution in [0.15, 0.2) is 0 Å². The van der Waals surface area contributed by atoms with Crippen LogP contribution in [-0.2, 0) is 10.0 Å². The highest BCUT2D eigenvalue weighted by Crippen LogP contribution is 2.26. The second-order valence-electron chi connectivity index (χ2n) is 4.78. The molecule has 0 aliphatic carbocycles. The number of hydrogen-bond acceptors (Lipinski definition) is 3. The van der Waals surface area contributed by atoms with E-state index in [1.165, 1.54) is 0 Å². The summed E-state index contributed by atoms with van der Waals surface area (Å²) in [6.07, 6.45) is 0.531. The summed E-state index contributed by atoms with van der Waals surface area (Å²) in [5.74, 6) is 0.703. The predicted molar refractivity (Wildman–Crippen MR) is 60.0 cm³/mol.